The van der Waals surface area contributed by atoms with Crippen molar-refractivity contribution in [2.75, 3.05) is 49.1 Å². The van der Waals surface area contributed by atoms with Gasteiger partial charge in [0.1, 0.15) is 17.0 Å². The van der Waals surface area contributed by atoms with E-state index in [0.29, 0.717) is 32.8 Å². The van der Waals surface area contributed by atoms with Crippen LogP contribution in [0.5, 0.6) is 0 Å². The van der Waals surface area contributed by atoms with Gasteiger partial charge in [-0.15, -0.1) is 0 Å². The minimum absolute atomic E-state index is 0.0231. The number of morpholine rings is 1. The highest BCUT2D eigenvalue weighted by molar-refractivity contribution is 5.93. The van der Waals surface area contributed by atoms with Crippen LogP contribution >= 0.6 is 0 Å². The fraction of sp³-hybridized carbons (Fsp3) is 0.667. The van der Waals surface area contributed by atoms with Gasteiger partial charge in [-0.3, -0.25) is 9.69 Å². The number of hydrogen-bond acceptors (Lipinski definition) is 6. The van der Waals surface area contributed by atoms with Crippen LogP contribution < -0.4 is 9.80 Å². The van der Waals surface area contributed by atoms with Crippen molar-refractivity contribution in [1.82, 2.24) is 9.88 Å². The van der Waals surface area contributed by atoms with Gasteiger partial charge in [-0.25, -0.2) is 9.78 Å². The molecule has 158 valence electrons. The van der Waals surface area contributed by atoms with Crippen molar-refractivity contribution in [2.45, 2.75) is 51.7 Å². The summed E-state index contributed by atoms with van der Waals surface area (Å²) in [7, 11) is 0. The minimum Gasteiger partial charge on any atom is -0.444 e. The Morgan fingerprint density at radius 3 is 2.72 bits per heavy atom. The first kappa shape index (κ1) is 19.9. The third kappa shape index (κ3) is 3.90. The van der Waals surface area contributed by atoms with Gasteiger partial charge in [0.25, 0.3) is 0 Å². The van der Waals surface area contributed by atoms with E-state index < -0.39 is 5.60 Å². The van der Waals surface area contributed by atoms with Gasteiger partial charge >= 0.3 is 6.09 Å². The summed E-state index contributed by atoms with van der Waals surface area (Å²) in [5, 5.41) is 0. The molecule has 0 saturated carbocycles. The van der Waals surface area contributed by atoms with E-state index in [9.17, 15) is 9.59 Å². The van der Waals surface area contributed by atoms with Gasteiger partial charge in [-0.05, 0) is 39.7 Å². The van der Waals surface area contributed by atoms with Crippen LogP contribution in [-0.4, -0.2) is 72.4 Å². The maximum absolute atomic E-state index is 12.5. The van der Waals surface area contributed by atoms with Crippen molar-refractivity contribution < 1.29 is 19.1 Å². The van der Waals surface area contributed by atoms with Gasteiger partial charge < -0.3 is 19.3 Å². The van der Waals surface area contributed by atoms with Crippen LogP contribution in [0.15, 0.2) is 12.3 Å². The molecule has 3 aliphatic rings. The van der Waals surface area contributed by atoms with Crippen LogP contribution in [-0.2, 0) is 20.7 Å². The van der Waals surface area contributed by atoms with E-state index in [1.165, 1.54) is 0 Å². The highest BCUT2D eigenvalue weighted by Gasteiger charge is 2.45. The predicted molar refractivity (Wildman–Crippen MR) is 109 cm³/mol. The van der Waals surface area contributed by atoms with E-state index in [2.05, 4.69) is 9.88 Å². The summed E-state index contributed by atoms with van der Waals surface area (Å²) >= 11 is 0. The first-order valence-electron chi connectivity index (χ1n) is 10.3. The van der Waals surface area contributed by atoms with Crippen molar-refractivity contribution in [3.8, 4) is 0 Å². The molecule has 1 aromatic heterocycles. The second-order valence-electron chi connectivity index (χ2n) is 9.16. The van der Waals surface area contributed by atoms with Crippen molar-refractivity contribution >= 4 is 23.5 Å². The van der Waals surface area contributed by atoms with E-state index in [-0.39, 0.29) is 17.6 Å². The highest BCUT2D eigenvalue weighted by Crippen LogP contribution is 2.38. The number of aromatic nitrogens is 1. The molecule has 8 heteroatoms. The zero-order chi connectivity index (χ0) is 20.8. The molecule has 2 fully saturated rings. The maximum Gasteiger partial charge on any atom is 0.410 e. The van der Waals surface area contributed by atoms with E-state index in [0.717, 1.165) is 36.5 Å². The Morgan fingerprint density at radius 2 is 2.00 bits per heavy atom. The number of fused-ring (bicyclic) bond motifs is 1. The van der Waals surface area contributed by atoms with Gasteiger partial charge in [0.05, 0.1) is 13.2 Å². The molecule has 4 rings (SSSR count). The number of anilines is 2. The van der Waals surface area contributed by atoms with Crippen molar-refractivity contribution in [1.29, 1.82) is 0 Å². The molecular formula is C21H30N4O4. The highest BCUT2D eigenvalue weighted by atomic mass is 16.6. The second-order valence-corrected chi connectivity index (χ2v) is 9.16. The average Bonchev–Trinajstić information content (AvgIpc) is 3.25. The van der Waals surface area contributed by atoms with E-state index in [4.69, 9.17) is 9.47 Å². The Bertz CT molecular complexity index is 821. The van der Waals surface area contributed by atoms with Crippen LogP contribution in [0.1, 0.15) is 39.7 Å². The molecule has 2 amide bonds. The van der Waals surface area contributed by atoms with Gasteiger partial charge in [-0.2, -0.15) is 0 Å². The second kappa shape index (κ2) is 7.16. The topological polar surface area (TPSA) is 75.2 Å². The predicted octanol–water partition coefficient (Wildman–Crippen LogP) is 2.21. The lowest BCUT2D eigenvalue weighted by Gasteiger charge is -2.40. The van der Waals surface area contributed by atoms with Crippen LogP contribution in [0.3, 0.4) is 0 Å². The smallest absolute Gasteiger partial charge is 0.410 e. The summed E-state index contributed by atoms with van der Waals surface area (Å²) in [5.74, 6) is 0.797. The molecule has 1 unspecified atom stereocenters. The van der Waals surface area contributed by atoms with E-state index >= 15 is 0 Å². The van der Waals surface area contributed by atoms with Crippen molar-refractivity contribution in [3.05, 3.63) is 17.8 Å². The molecule has 1 spiro atoms. The normalized spacial score (nSPS) is 24.2. The number of nitrogens with zero attached hydrogens (tertiary/aromatic N) is 4. The Kier molecular flexibility index (Phi) is 4.93. The number of ether oxygens (including phenoxy) is 2. The Labute approximate surface area is 171 Å². The molecule has 0 aliphatic carbocycles. The minimum atomic E-state index is -0.509. The standard InChI is InChI=1S/C21H30N4O4/c1-15(26)25-9-6-16-17(5-8-22-18(16)25)23-10-7-21(13-23)14-24(11-12-28-21)19(27)29-20(2,3)4/h5,8H,6-7,9-14H2,1-4H3. The molecule has 0 N–H and O–H groups in total. The van der Waals surface area contributed by atoms with E-state index in [1.807, 2.05) is 26.8 Å². The fourth-order valence-corrected chi connectivity index (χ4v) is 4.50. The number of pyridine rings is 1. The summed E-state index contributed by atoms with van der Waals surface area (Å²) in [4.78, 5) is 34.7. The molecule has 1 aromatic rings. The van der Waals surface area contributed by atoms with Gasteiger partial charge in [0, 0.05) is 50.6 Å². The third-order valence-electron chi connectivity index (χ3n) is 5.79. The molecule has 3 aliphatic heterocycles. The summed E-state index contributed by atoms with van der Waals surface area (Å²) in [6, 6.07) is 2.02. The lowest BCUT2D eigenvalue weighted by molar-refractivity contribution is -0.116. The summed E-state index contributed by atoms with van der Waals surface area (Å²) in [6.45, 7) is 11.1. The van der Waals surface area contributed by atoms with Crippen molar-refractivity contribution in [2.24, 2.45) is 0 Å². The SMILES string of the molecule is CC(=O)N1CCc2c(N3CCC4(CN(C(=O)OC(C)(C)C)CCO4)C3)ccnc21. The maximum atomic E-state index is 12.5. The molecule has 0 aromatic carbocycles. The van der Waals surface area contributed by atoms with Crippen molar-refractivity contribution in [3.63, 3.8) is 0 Å². The fourth-order valence-electron chi connectivity index (χ4n) is 4.50. The lowest BCUT2D eigenvalue weighted by atomic mass is 10.0. The van der Waals surface area contributed by atoms with E-state index in [1.54, 1.807) is 22.9 Å². The quantitative estimate of drug-likeness (QED) is 0.717. The summed E-state index contributed by atoms with van der Waals surface area (Å²) in [6.07, 6.45) is 3.15. The molecule has 0 bridgehead atoms. The first-order valence-corrected chi connectivity index (χ1v) is 10.3. The largest absolute Gasteiger partial charge is 0.444 e. The first-order chi connectivity index (χ1) is 13.7. The molecule has 8 nitrogen and oxygen atoms in total. The van der Waals surface area contributed by atoms with Gasteiger partial charge in [0.15, 0.2) is 0 Å². The number of carbonyl (C=O) groups excluding carboxylic acids is 2. The number of hydrogen-bond donors (Lipinski definition) is 0. The number of amides is 2. The van der Waals surface area contributed by atoms with Gasteiger partial charge in [-0.1, -0.05) is 0 Å². The summed E-state index contributed by atoms with van der Waals surface area (Å²) < 4.78 is 11.8. The Morgan fingerprint density at radius 1 is 1.21 bits per heavy atom. The number of rotatable bonds is 1. The van der Waals surface area contributed by atoms with Crippen LogP contribution in [0.2, 0.25) is 0 Å². The zero-order valence-electron chi connectivity index (χ0n) is 17.7. The average molecular weight is 402 g/mol. The van der Waals surface area contributed by atoms with Crippen LogP contribution in [0.4, 0.5) is 16.3 Å². The lowest BCUT2D eigenvalue weighted by Crippen LogP contribution is -2.55. The zero-order valence-corrected chi connectivity index (χ0v) is 17.7. The monoisotopic (exact) mass is 402 g/mol. The summed E-state index contributed by atoms with van der Waals surface area (Å²) in [5.41, 5.74) is 1.35. The Hall–Kier alpha value is -2.35. The molecular weight excluding hydrogens is 372 g/mol. The molecule has 2 saturated heterocycles. The van der Waals surface area contributed by atoms with Gasteiger partial charge in [0.2, 0.25) is 5.91 Å². The molecule has 4 heterocycles. The molecule has 0 radical (unpaired) electrons. The third-order valence-corrected chi connectivity index (χ3v) is 5.79. The molecule has 1 atom stereocenters. The number of carbonyl (C=O) groups is 2. The molecule has 29 heavy (non-hydrogen) atoms. The Balaban J connectivity index is 1.50. The van der Waals surface area contributed by atoms with Crippen LogP contribution in [0, 0.1) is 0 Å². The van der Waals surface area contributed by atoms with Crippen LogP contribution in [0.25, 0.3) is 0 Å².